The predicted octanol–water partition coefficient (Wildman–Crippen LogP) is 3.77. The van der Waals surface area contributed by atoms with Crippen LogP contribution in [0, 0.1) is 0 Å². The highest BCUT2D eigenvalue weighted by Crippen LogP contribution is 2.27. The van der Waals surface area contributed by atoms with E-state index in [1.807, 2.05) is 18.2 Å². The molecule has 2 aromatic carbocycles. The maximum atomic E-state index is 12.6. The minimum atomic E-state index is -1.02. The fourth-order valence-corrected chi connectivity index (χ4v) is 2.74. The second-order valence-corrected chi connectivity index (χ2v) is 6.10. The Balaban J connectivity index is 1.72. The summed E-state index contributed by atoms with van der Waals surface area (Å²) < 4.78 is 21.2. The molecule has 1 atom stereocenters. The number of amides is 1. The molecule has 3 aromatic rings. The first-order chi connectivity index (χ1) is 13.5. The molecule has 0 saturated carbocycles. The van der Waals surface area contributed by atoms with Gasteiger partial charge in [-0.25, -0.2) is 4.79 Å². The normalized spacial score (nSPS) is 11.8. The van der Waals surface area contributed by atoms with Crippen LogP contribution in [0.4, 0.5) is 5.69 Å². The summed E-state index contributed by atoms with van der Waals surface area (Å²) >= 11 is 0. The maximum Gasteiger partial charge on any atom is 0.375 e. The van der Waals surface area contributed by atoms with Crippen molar-refractivity contribution in [1.82, 2.24) is 0 Å². The van der Waals surface area contributed by atoms with Crippen LogP contribution in [-0.4, -0.2) is 32.2 Å². The van der Waals surface area contributed by atoms with Gasteiger partial charge >= 0.3 is 5.97 Å². The summed E-state index contributed by atoms with van der Waals surface area (Å²) in [5, 5.41) is 3.46. The molecule has 1 amide bonds. The van der Waals surface area contributed by atoms with E-state index in [1.54, 1.807) is 37.4 Å². The van der Waals surface area contributed by atoms with Gasteiger partial charge in [0, 0.05) is 23.7 Å². The minimum absolute atomic E-state index is 0.0344. The van der Waals surface area contributed by atoms with Crippen molar-refractivity contribution < 1.29 is 28.2 Å². The summed E-state index contributed by atoms with van der Waals surface area (Å²) in [5.74, 6) is -0.469. The fourth-order valence-electron chi connectivity index (χ4n) is 2.74. The monoisotopic (exact) mass is 383 g/mol. The molecule has 0 aliphatic carbocycles. The topological polar surface area (TPSA) is 87.0 Å². The van der Waals surface area contributed by atoms with Crippen molar-refractivity contribution >= 4 is 28.5 Å². The van der Waals surface area contributed by atoms with Crippen LogP contribution >= 0.6 is 0 Å². The van der Waals surface area contributed by atoms with Gasteiger partial charge in [0.2, 0.25) is 5.76 Å². The molecule has 28 heavy (non-hydrogen) atoms. The highest BCUT2D eigenvalue weighted by atomic mass is 16.6. The molecule has 0 bridgehead atoms. The average Bonchev–Trinajstić information content (AvgIpc) is 3.07. The number of hydrogen-bond acceptors (Lipinski definition) is 6. The first-order valence-electron chi connectivity index (χ1n) is 8.68. The van der Waals surface area contributed by atoms with Crippen LogP contribution in [0.25, 0.3) is 11.0 Å². The second-order valence-electron chi connectivity index (χ2n) is 6.10. The Bertz CT molecular complexity index is 976. The van der Waals surface area contributed by atoms with E-state index in [9.17, 15) is 9.59 Å². The highest BCUT2D eigenvalue weighted by molar-refractivity contribution is 5.99. The number of methoxy groups -OCH3 is 2. The van der Waals surface area contributed by atoms with E-state index < -0.39 is 18.0 Å². The van der Waals surface area contributed by atoms with E-state index in [1.165, 1.54) is 14.0 Å². The molecule has 1 aromatic heterocycles. The summed E-state index contributed by atoms with van der Waals surface area (Å²) in [6.45, 7) is 1.68. The van der Waals surface area contributed by atoms with Gasteiger partial charge in [0.25, 0.3) is 5.91 Å². The van der Waals surface area contributed by atoms with E-state index in [0.29, 0.717) is 22.6 Å². The molecule has 3 rings (SSSR count). The first-order valence-corrected chi connectivity index (χ1v) is 8.68. The molecule has 0 aliphatic rings. The second kappa shape index (κ2) is 8.58. The summed E-state index contributed by atoms with van der Waals surface area (Å²) in [5.41, 5.74) is 1.71. The van der Waals surface area contributed by atoms with Crippen molar-refractivity contribution in [2.45, 2.75) is 19.6 Å². The molecule has 7 heteroatoms. The Hall–Kier alpha value is -3.32. The summed E-state index contributed by atoms with van der Waals surface area (Å²) in [7, 11) is 3.09. The smallest absolute Gasteiger partial charge is 0.375 e. The lowest BCUT2D eigenvalue weighted by molar-refractivity contribution is -0.123. The van der Waals surface area contributed by atoms with E-state index in [4.69, 9.17) is 18.6 Å². The lowest BCUT2D eigenvalue weighted by Crippen LogP contribution is -2.30. The largest absolute Gasteiger partial charge is 0.497 e. The third-order valence-corrected chi connectivity index (χ3v) is 4.18. The van der Waals surface area contributed by atoms with Crippen LogP contribution in [0.2, 0.25) is 0 Å². The predicted molar refractivity (Wildman–Crippen MR) is 103 cm³/mol. The zero-order valence-electron chi connectivity index (χ0n) is 15.9. The van der Waals surface area contributed by atoms with Crippen LogP contribution in [0.3, 0.4) is 0 Å². The van der Waals surface area contributed by atoms with Gasteiger partial charge in [-0.3, -0.25) is 4.79 Å². The van der Waals surface area contributed by atoms with Crippen LogP contribution in [0.1, 0.15) is 23.0 Å². The molecule has 146 valence electrons. The number of ether oxygens (including phenoxy) is 3. The van der Waals surface area contributed by atoms with Crippen LogP contribution in [0.15, 0.2) is 52.9 Å². The SMILES string of the molecule is COCc1c(C(=O)OC(C)C(=O)Nc2ccc(OC)cc2)oc2ccccc12. The molecule has 0 saturated heterocycles. The highest BCUT2D eigenvalue weighted by Gasteiger charge is 2.25. The number of hydrogen-bond donors (Lipinski definition) is 1. The van der Waals surface area contributed by atoms with Gasteiger partial charge in [0.15, 0.2) is 6.10 Å². The van der Waals surface area contributed by atoms with E-state index >= 15 is 0 Å². The zero-order chi connectivity index (χ0) is 20.1. The van der Waals surface area contributed by atoms with Gasteiger partial charge in [-0.15, -0.1) is 0 Å². The summed E-state index contributed by atoms with van der Waals surface area (Å²) in [6, 6.07) is 14.1. The lowest BCUT2D eigenvalue weighted by atomic mass is 10.1. The maximum absolute atomic E-state index is 12.6. The molecular weight excluding hydrogens is 362 g/mol. The number of nitrogens with one attached hydrogen (secondary N) is 1. The Morgan fingerprint density at radius 1 is 1.07 bits per heavy atom. The van der Waals surface area contributed by atoms with Crippen molar-refractivity contribution in [2.75, 3.05) is 19.5 Å². The standard InChI is InChI=1S/C21H21NO6/c1-13(20(23)22-14-8-10-15(26-3)11-9-14)27-21(24)19-17(12-25-2)16-6-4-5-7-18(16)28-19/h4-11,13H,12H2,1-3H3,(H,22,23). The number of furan rings is 1. The first kappa shape index (κ1) is 19.4. The Morgan fingerprint density at radius 3 is 2.46 bits per heavy atom. The number of rotatable bonds is 7. The van der Waals surface area contributed by atoms with Crippen molar-refractivity contribution in [3.05, 3.63) is 59.9 Å². The van der Waals surface area contributed by atoms with Gasteiger partial charge in [0.1, 0.15) is 11.3 Å². The number of carbonyl (C=O) groups is 2. The molecule has 0 fully saturated rings. The van der Waals surface area contributed by atoms with E-state index in [-0.39, 0.29) is 12.4 Å². The number of para-hydroxylation sites is 1. The van der Waals surface area contributed by atoms with Crippen molar-refractivity contribution in [2.24, 2.45) is 0 Å². The number of fused-ring (bicyclic) bond motifs is 1. The molecule has 0 spiro atoms. The zero-order valence-corrected chi connectivity index (χ0v) is 15.9. The molecule has 0 aliphatic heterocycles. The lowest BCUT2D eigenvalue weighted by Gasteiger charge is -2.13. The molecule has 7 nitrogen and oxygen atoms in total. The Kier molecular flexibility index (Phi) is 5.96. The molecular formula is C21H21NO6. The quantitative estimate of drug-likeness (QED) is 0.625. The Labute approximate surface area is 162 Å². The van der Waals surface area contributed by atoms with Crippen molar-refractivity contribution in [3.63, 3.8) is 0 Å². The van der Waals surface area contributed by atoms with Crippen LogP contribution < -0.4 is 10.1 Å². The van der Waals surface area contributed by atoms with Gasteiger partial charge in [-0.2, -0.15) is 0 Å². The Morgan fingerprint density at radius 2 is 1.79 bits per heavy atom. The minimum Gasteiger partial charge on any atom is -0.497 e. The van der Waals surface area contributed by atoms with E-state index in [0.717, 1.165) is 5.39 Å². The average molecular weight is 383 g/mol. The van der Waals surface area contributed by atoms with Gasteiger partial charge in [0.05, 0.1) is 13.7 Å². The van der Waals surface area contributed by atoms with Gasteiger partial charge < -0.3 is 23.9 Å². The summed E-state index contributed by atoms with van der Waals surface area (Å²) in [6.07, 6.45) is -1.02. The van der Waals surface area contributed by atoms with Gasteiger partial charge in [-0.05, 0) is 37.3 Å². The summed E-state index contributed by atoms with van der Waals surface area (Å²) in [4.78, 5) is 24.9. The van der Waals surface area contributed by atoms with Crippen molar-refractivity contribution in [1.29, 1.82) is 0 Å². The number of anilines is 1. The number of esters is 1. The number of benzene rings is 2. The van der Waals surface area contributed by atoms with Crippen LogP contribution in [-0.2, 0) is 20.9 Å². The molecule has 1 N–H and O–H groups in total. The van der Waals surface area contributed by atoms with E-state index in [2.05, 4.69) is 5.32 Å². The fraction of sp³-hybridized carbons (Fsp3) is 0.238. The third kappa shape index (κ3) is 4.15. The number of carbonyl (C=O) groups excluding carboxylic acids is 2. The van der Waals surface area contributed by atoms with Gasteiger partial charge in [-0.1, -0.05) is 18.2 Å². The van der Waals surface area contributed by atoms with Crippen molar-refractivity contribution in [3.8, 4) is 5.75 Å². The molecule has 1 unspecified atom stereocenters. The third-order valence-electron chi connectivity index (χ3n) is 4.18. The molecule has 1 heterocycles. The van der Waals surface area contributed by atoms with Crippen LogP contribution in [0.5, 0.6) is 5.75 Å². The molecule has 0 radical (unpaired) electrons.